The molecule has 1 saturated carbocycles. The lowest BCUT2D eigenvalue weighted by molar-refractivity contribution is -0.123. The minimum Gasteiger partial charge on any atom is -0.389 e. The monoisotopic (exact) mass is 393 g/mol. The van der Waals surface area contributed by atoms with Crippen molar-refractivity contribution in [1.82, 2.24) is 19.9 Å². The highest BCUT2D eigenvalue weighted by Crippen LogP contribution is 2.41. The van der Waals surface area contributed by atoms with Gasteiger partial charge >= 0.3 is 0 Å². The molecule has 0 aromatic carbocycles. The van der Waals surface area contributed by atoms with Crippen molar-refractivity contribution in [2.75, 3.05) is 6.54 Å². The van der Waals surface area contributed by atoms with Crippen molar-refractivity contribution in [2.24, 2.45) is 5.73 Å². The number of aromatic nitrogens is 3. The first-order valence-electron chi connectivity index (χ1n) is 10.4. The number of primary amides is 1. The number of pyridine rings is 2. The maximum atomic E-state index is 11.9. The Labute approximate surface area is 169 Å². The van der Waals surface area contributed by atoms with Crippen LogP contribution in [0.4, 0.5) is 0 Å². The van der Waals surface area contributed by atoms with Crippen LogP contribution in [0.25, 0.3) is 21.9 Å². The second-order valence-electron chi connectivity index (χ2n) is 8.96. The Hall–Kier alpha value is -2.51. The quantitative estimate of drug-likeness (QED) is 0.633. The van der Waals surface area contributed by atoms with Gasteiger partial charge in [0.05, 0.1) is 23.4 Å². The van der Waals surface area contributed by atoms with Gasteiger partial charge in [0, 0.05) is 42.2 Å². The summed E-state index contributed by atoms with van der Waals surface area (Å²) in [5, 5.41) is 12.8. The highest BCUT2D eigenvalue weighted by atomic mass is 16.3. The molecule has 1 saturated heterocycles. The molecule has 1 aliphatic heterocycles. The van der Waals surface area contributed by atoms with Crippen molar-refractivity contribution in [1.29, 1.82) is 0 Å². The Morgan fingerprint density at radius 1 is 1.28 bits per heavy atom. The van der Waals surface area contributed by atoms with Crippen LogP contribution in [0.5, 0.6) is 0 Å². The van der Waals surface area contributed by atoms with E-state index < -0.39 is 5.60 Å². The van der Waals surface area contributed by atoms with Crippen molar-refractivity contribution in [3.05, 3.63) is 36.3 Å². The molecule has 2 atom stereocenters. The van der Waals surface area contributed by atoms with Gasteiger partial charge in [-0.25, -0.2) is 9.97 Å². The Kier molecular flexibility index (Phi) is 4.33. The average Bonchev–Trinajstić information content (AvgIpc) is 3.31. The molecule has 3 aromatic heterocycles. The standard InChI is InChI=1S/C22H27N5O2/c1-22(29)10-18(20(23)28)27(12-22)14-4-2-13(3-5-14)15-6-8-24-17-11-26-21-16(19(15)17)7-9-25-21/h6-9,11,13-14,18,24,29H,2-5,10,12H2,1H3,(H2,23,28). The van der Waals surface area contributed by atoms with Crippen LogP contribution in [-0.4, -0.2) is 55.1 Å². The van der Waals surface area contributed by atoms with Gasteiger partial charge in [-0.15, -0.1) is 0 Å². The Morgan fingerprint density at radius 3 is 2.83 bits per heavy atom. The minimum absolute atomic E-state index is 0.293. The molecule has 0 spiro atoms. The van der Waals surface area contributed by atoms with Crippen LogP contribution < -0.4 is 5.73 Å². The van der Waals surface area contributed by atoms with E-state index in [-0.39, 0.29) is 11.9 Å². The number of rotatable bonds is 3. The molecule has 0 bridgehead atoms. The number of aliphatic hydroxyl groups is 1. The van der Waals surface area contributed by atoms with Gasteiger partial charge in [0.2, 0.25) is 5.91 Å². The van der Waals surface area contributed by atoms with E-state index in [0.29, 0.717) is 24.9 Å². The number of aromatic amines is 1. The number of H-pyrrole nitrogens is 1. The second-order valence-corrected chi connectivity index (χ2v) is 8.96. The molecule has 2 unspecified atom stereocenters. The molecule has 5 rings (SSSR count). The predicted octanol–water partition coefficient (Wildman–Crippen LogP) is 2.45. The fraction of sp³-hybridized carbons (Fsp3) is 0.500. The van der Waals surface area contributed by atoms with Gasteiger partial charge in [-0.2, -0.15) is 0 Å². The zero-order valence-electron chi connectivity index (χ0n) is 16.6. The molecule has 1 aliphatic carbocycles. The smallest absolute Gasteiger partial charge is 0.234 e. The molecule has 29 heavy (non-hydrogen) atoms. The molecule has 2 fully saturated rings. The number of hydrogen-bond donors (Lipinski definition) is 3. The summed E-state index contributed by atoms with van der Waals surface area (Å²) in [6, 6.07) is 4.16. The largest absolute Gasteiger partial charge is 0.389 e. The summed E-state index contributed by atoms with van der Waals surface area (Å²) >= 11 is 0. The Balaban J connectivity index is 1.40. The van der Waals surface area contributed by atoms with Gasteiger partial charge in [-0.05, 0) is 56.2 Å². The van der Waals surface area contributed by atoms with Crippen LogP contribution in [0.2, 0.25) is 0 Å². The van der Waals surface area contributed by atoms with Crippen molar-refractivity contribution in [3.8, 4) is 0 Å². The lowest BCUT2D eigenvalue weighted by atomic mass is 9.80. The molecule has 7 nitrogen and oxygen atoms in total. The Morgan fingerprint density at radius 2 is 2.07 bits per heavy atom. The molecule has 0 radical (unpaired) electrons. The first-order valence-corrected chi connectivity index (χ1v) is 10.4. The summed E-state index contributed by atoms with van der Waals surface area (Å²) in [7, 11) is 0. The highest BCUT2D eigenvalue weighted by Gasteiger charge is 2.45. The summed E-state index contributed by atoms with van der Waals surface area (Å²) in [5.74, 6) is 0.132. The van der Waals surface area contributed by atoms with E-state index in [1.165, 1.54) is 10.9 Å². The van der Waals surface area contributed by atoms with Gasteiger partial charge in [-0.3, -0.25) is 9.69 Å². The van der Waals surface area contributed by atoms with Crippen LogP contribution in [0.3, 0.4) is 0 Å². The predicted molar refractivity (Wildman–Crippen MR) is 111 cm³/mol. The lowest BCUT2D eigenvalue weighted by Crippen LogP contribution is -2.47. The number of nitrogens with two attached hydrogens (primary N) is 1. The van der Waals surface area contributed by atoms with E-state index in [1.54, 1.807) is 6.92 Å². The van der Waals surface area contributed by atoms with Gasteiger partial charge in [0.1, 0.15) is 0 Å². The van der Waals surface area contributed by atoms with E-state index in [1.807, 2.05) is 24.7 Å². The van der Waals surface area contributed by atoms with Crippen molar-refractivity contribution < 1.29 is 9.90 Å². The summed E-state index contributed by atoms with van der Waals surface area (Å²) in [5.41, 5.74) is 7.96. The molecule has 3 aromatic rings. The highest BCUT2D eigenvalue weighted by molar-refractivity contribution is 6.05. The van der Waals surface area contributed by atoms with Crippen LogP contribution in [-0.2, 0) is 4.79 Å². The van der Waals surface area contributed by atoms with Gasteiger partial charge in [0.25, 0.3) is 0 Å². The maximum absolute atomic E-state index is 11.9. The number of carbonyl (C=O) groups excluding carboxylic acids is 1. The number of hydrogen-bond acceptors (Lipinski definition) is 5. The fourth-order valence-electron chi connectivity index (χ4n) is 5.49. The van der Waals surface area contributed by atoms with Crippen molar-refractivity contribution in [3.63, 3.8) is 0 Å². The van der Waals surface area contributed by atoms with E-state index in [9.17, 15) is 9.90 Å². The number of likely N-dealkylation sites (tertiary alicyclic amines) is 1. The van der Waals surface area contributed by atoms with Crippen LogP contribution in [0.15, 0.2) is 30.7 Å². The SMILES string of the molecule is CC1(O)CC(C(N)=O)N(C2CCC(c3cc[nH]c4cnc5nccc5c34)CC2)C1. The number of fused-ring (bicyclic) bond motifs is 3. The summed E-state index contributed by atoms with van der Waals surface area (Å²) < 4.78 is 0. The number of amides is 1. The van der Waals surface area contributed by atoms with Crippen molar-refractivity contribution >= 4 is 27.8 Å². The van der Waals surface area contributed by atoms with Crippen LogP contribution in [0.1, 0.15) is 50.5 Å². The first-order chi connectivity index (χ1) is 13.9. The van der Waals surface area contributed by atoms with Gasteiger partial charge < -0.3 is 15.8 Å². The molecular formula is C22H27N5O2. The minimum atomic E-state index is -0.842. The molecule has 7 heteroatoms. The van der Waals surface area contributed by atoms with Crippen LogP contribution in [0, 0.1) is 0 Å². The van der Waals surface area contributed by atoms with E-state index in [2.05, 4.69) is 25.9 Å². The van der Waals surface area contributed by atoms with Gasteiger partial charge in [0.15, 0.2) is 5.65 Å². The Bertz CT molecular complexity index is 1070. The zero-order chi connectivity index (χ0) is 20.2. The molecule has 1 amide bonds. The molecule has 4 N–H and O–H groups in total. The lowest BCUT2D eigenvalue weighted by Gasteiger charge is -2.37. The summed E-state index contributed by atoms with van der Waals surface area (Å²) in [6.45, 7) is 2.32. The zero-order valence-corrected chi connectivity index (χ0v) is 16.6. The van der Waals surface area contributed by atoms with Gasteiger partial charge in [-0.1, -0.05) is 0 Å². The summed E-state index contributed by atoms with van der Waals surface area (Å²) in [6.07, 6.45) is 10.2. The number of carbonyl (C=O) groups is 1. The average molecular weight is 393 g/mol. The van der Waals surface area contributed by atoms with E-state index in [0.717, 1.165) is 42.2 Å². The second kappa shape index (κ2) is 6.78. The normalized spacial score (nSPS) is 30.9. The number of nitrogens with zero attached hydrogens (tertiary/aromatic N) is 3. The molecular weight excluding hydrogens is 366 g/mol. The third kappa shape index (κ3) is 3.18. The topological polar surface area (TPSA) is 108 Å². The van der Waals surface area contributed by atoms with E-state index >= 15 is 0 Å². The summed E-state index contributed by atoms with van der Waals surface area (Å²) in [4.78, 5) is 26.2. The van der Waals surface area contributed by atoms with E-state index in [4.69, 9.17) is 5.73 Å². The maximum Gasteiger partial charge on any atom is 0.234 e. The number of nitrogens with one attached hydrogen (secondary N) is 1. The third-order valence-electron chi connectivity index (χ3n) is 6.81. The molecule has 2 aliphatic rings. The fourth-order valence-corrected chi connectivity index (χ4v) is 5.49. The molecule has 4 heterocycles. The third-order valence-corrected chi connectivity index (χ3v) is 6.81. The van der Waals surface area contributed by atoms with Crippen molar-refractivity contribution in [2.45, 2.75) is 62.6 Å². The molecule has 152 valence electrons. The van der Waals surface area contributed by atoms with Crippen LogP contribution >= 0.6 is 0 Å². The number of β-amino-alcohol motifs (C(OH)–C–C–N with tert-alkyl or cyclic N) is 1. The first kappa shape index (κ1) is 18.5.